The van der Waals surface area contributed by atoms with Crippen molar-refractivity contribution < 1.29 is 8.78 Å². The number of halogens is 3. The highest BCUT2D eigenvalue weighted by atomic mass is 79.9. The van der Waals surface area contributed by atoms with Crippen LogP contribution in [0.5, 0.6) is 0 Å². The molecular formula is C17H26BrF2N. The Labute approximate surface area is 135 Å². The molecule has 0 fully saturated rings. The van der Waals surface area contributed by atoms with Crippen LogP contribution in [-0.2, 0) is 6.42 Å². The third-order valence-electron chi connectivity index (χ3n) is 3.69. The molecule has 0 bridgehead atoms. The third-order valence-corrected chi connectivity index (χ3v) is 4.31. The maximum Gasteiger partial charge on any atom is 0.143 e. The van der Waals surface area contributed by atoms with E-state index in [1.807, 2.05) is 0 Å². The topological polar surface area (TPSA) is 12.0 Å². The van der Waals surface area contributed by atoms with Crippen molar-refractivity contribution in [2.75, 3.05) is 6.54 Å². The summed E-state index contributed by atoms with van der Waals surface area (Å²) in [6, 6.07) is 2.73. The molecule has 1 atom stereocenters. The van der Waals surface area contributed by atoms with Gasteiger partial charge in [0.2, 0.25) is 0 Å². The molecule has 0 amide bonds. The van der Waals surface area contributed by atoms with Gasteiger partial charge in [-0.25, -0.2) is 8.78 Å². The van der Waals surface area contributed by atoms with Crippen molar-refractivity contribution in [2.45, 2.75) is 53.5 Å². The largest absolute Gasteiger partial charge is 0.312 e. The van der Waals surface area contributed by atoms with Gasteiger partial charge in [0.25, 0.3) is 0 Å². The van der Waals surface area contributed by atoms with Gasteiger partial charge in [-0.1, -0.05) is 20.8 Å². The molecule has 21 heavy (non-hydrogen) atoms. The van der Waals surface area contributed by atoms with E-state index in [0.29, 0.717) is 10.9 Å². The molecule has 0 aliphatic heterocycles. The van der Waals surface area contributed by atoms with Gasteiger partial charge >= 0.3 is 0 Å². The number of hydrogen-bond acceptors (Lipinski definition) is 1. The molecule has 0 spiro atoms. The maximum absolute atomic E-state index is 14.2. The highest BCUT2D eigenvalue weighted by Crippen LogP contribution is 2.32. The normalized spacial score (nSPS) is 14.3. The van der Waals surface area contributed by atoms with E-state index in [1.54, 1.807) is 0 Å². The van der Waals surface area contributed by atoms with E-state index in [4.69, 9.17) is 0 Å². The molecule has 0 aliphatic carbocycles. The molecule has 1 rings (SSSR count). The van der Waals surface area contributed by atoms with Crippen molar-refractivity contribution in [2.24, 2.45) is 11.3 Å². The average molecular weight is 362 g/mol. The molecule has 1 unspecified atom stereocenters. The number of benzene rings is 1. The molecule has 0 aromatic heterocycles. The zero-order chi connectivity index (χ0) is 16.4. The van der Waals surface area contributed by atoms with Gasteiger partial charge in [-0.05, 0) is 73.1 Å². The zero-order valence-corrected chi connectivity index (χ0v) is 15.4. The SMILES string of the molecule is CC(C)(C)NCC(Cc1c(F)ccc(Br)c1F)C(C)(C)C. The Hall–Kier alpha value is -0.480. The molecule has 4 heteroatoms. The lowest BCUT2D eigenvalue weighted by atomic mass is 9.76. The highest BCUT2D eigenvalue weighted by Gasteiger charge is 2.28. The van der Waals surface area contributed by atoms with E-state index < -0.39 is 11.6 Å². The lowest BCUT2D eigenvalue weighted by Crippen LogP contribution is -2.43. The second-order valence-electron chi connectivity index (χ2n) is 7.72. The molecule has 1 N–H and O–H groups in total. The smallest absolute Gasteiger partial charge is 0.143 e. The molecule has 0 aliphatic rings. The number of hydrogen-bond donors (Lipinski definition) is 1. The Morgan fingerprint density at radius 2 is 1.67 bits per heavy atom. The van der Waals surface area contributed by atoms with Gasteiger partial charge < -0.3 is 5.32 Å². The molecular weight excluding hydrogens is 336 g/mol. The van der Waals surface area contributed by atoms with E-state index in [0.717, 1.165) is 6.54 Å². The molecule has 0 radical (unpaired) electrons. The Bertz CT molecular complexity index is 487. The Morgan fingerprint density at radius 3 is 2.14 bits per heavy atom. The van der Waals surface area contributed by atoms with Crippen LogP contribution in [0.3, 0.4) is 0 Å². The summed E-state index contributed by atoms with van der Waals surface area (Å²) in [5, 5.41) is 3.45. The molecule has 120 valence electrons. The van der Waals surface area contributed by atoms with Gasteiger partial charge in [-0.15, -0.1) is 0 Å². The second kappa shape index (κ2) is 6.74. The van der Waals surface area contributed by atoms with Crippen LogP contribution < -0.4 is 5.32 Å². The van der Waals surface area contributed by atoms with Gasteiger partial charge in [0.15, 0.2) is 0 Å². The molecule has 1 nitrogen and oxygen atoms in total. The lowest BCUT2D eigenvalue weighted by Gasteiger charge is -2.34. The van der Waals surface area contributed by atoms with Crippen LogP contribution in [0.4, 0.5) is 8.78 Å². The summed E-state index contributed by atoms with van der Waals surface area (Å²) in [6.07, 6.45) is 0.379. The molecule has 1 aromatic carbocycles. The van der Waals surface area contributed by atoms with E-state index in [2.05, 4.69) is 62.8 Å². The van der Waals surface area contributed by atoms with Crippen LogP contribution in [0, 0.1) is 23.0 Å². The first kappa shape index (κ1) is 18.6. The first-order valence-corrected chi connectivity index (χ1v) is 8.08. The van der Waals surface area contributed by atoms with Crippen LogP contribution in [-0.4, -0.2) is 12.1 Å². The van der Waals surface area contributed by atoms with Crippen molar-refractivity contribution in [1.29, 1.82) is 0 Å². The summed E-state index contributed by atoms with van der Waals surface area (Å²) in [7, 11) is 0. The van der Waals surface area contributed by atoms with Crippen molar-refractivity contribution in [1.82, 2.24) is 5.32 Å². The van der Waals surface area contributed by atoms with E-state index in [1.165, 1.54) is 12.1 Å². The Balaban J connectivity index is 3.00. The fourth-order valence-corrected chi connectivity index (χ4v) is 2.49. The predicted molar refractivity (Wildman–Crippen MR) is 88.5 cm³/mol. The summed E-state index contributed by atoms with van der Waals surface area (Å²) in [4.78, 5) is 0. The van der Waals surface area contributed by atoms with Crippen LogP contribution in [0.1, 0.15) is 47.1 Å². The highest BCUT2D eigenvalue weighted by molar-refractivity contribution is 9.10. The maximum atomic E-state index is 14.2. The zero-order valence-electron chi connectivity index (χ0n) is 13.8. The molecule has 0 saturated heterocycles. The first-order valence-electron chi connectivity index (χ1n) is 7.29. The van der Waals surface area contributed by atoms with Gasteiger partial charge in [0, 0.05) is 11.1 Å². The Kier molecular flexibility index (Phi) is 5.96. The standard InChI is InChI=1S/C17H26BrF2N/c1-16(2,3)11(10-21-17(4,5)6)9-12-14(19)8-7-13(18)15(12)20/h7-8,11,21H,9-10H2,1-6H3. The molecule has 0 saturated carbocycles. The van der Waals surface area contributed by atoms with E-state index >= 15 is 0 Å². The van der Waals surface area contributed by atoms with Gasteiger partial charge in [-0.2, -0.15) is 0 Å². The number of nitrogens with one attached hydrogen (secondary N) is 1. The lowest BCUT2D eigenvalue weighted by molar-refractivity contribution is 0.211. The fraction of sp³-hybridized carbons (Fsp3) is 0.647. The Morgan fingerprint density at radius 1 is 1.10 bits per heavy atom. The number of rotatable bonds is 4. The van der Waals surface area contributed by atoms with Crippen molar-refractivity contribution in [3.8, 4) is 0 Å². The van der Waals surface area contributed by atoms with Gasteiger partial charge in [-0.3, -0.25) is 0 Å². The monoisotopic (exact) mass is 361 g/mol. The van der Waals surface area contributed by atoms with Crippen LogP contribution >= 0.6 is 15.9 Å². The van der Waals surface area contributed by atoms with E-state index in [9.17, 15) is 8.78 Å². The van der Waals surface area contributed by atoms with Crippen LogP contribution in [0.15, 0.2) is 16.6 Å². The summed E-state index contributed by atoms with van der Waals surface area (Å²) in [5.74, 6) is -0.823. The first-order chi connectivity index (χ1) is 9.42. The fourth-order valence-electron chi connectivity index (χ4n) is 2.12. The van der Waals surface area contributed by atoms with Crippen LogP contribution in [0.2, 0.25) is 0 Å². The molecule has 1 aromatic rings. The summed E-state index contributed by atoms with van der Waals surface area (Å²) in [5.41, 5.74) is 0.108. The average Bonchev–Trinajstić information content (AvgIpc) is 2.30. The third kappa shape index (κ3) is 5.67. The quantitative estimate of drug-likeness (QED) is 0.715. The van der Waals surface area contributed by atoms with Crippen molar-refractivity contribution in [3.05, 3.63) is 33.8 Å². The minimum absolute atomic E-state index is 0.0160. The van der Waals surface area contributed by atoms with Gasteiger partial charge in [0.1, 0.15) is 11.6 Å². The van der Waals surface area contributed by atoms with Crippen LogP contribution in [0.25, 0.3) is 0 Å². The van der Waals surface area contributed by atoms with Crippen molar-refractivity contribution in [3.63, 3.8) is 0 Å². The minimum atomic E-state index is -0.486. The predicted octanol–water partition coefficient (Wildman–Crippen LogP) is 5.32. The molecule has 0 heterocycles. The second-order valence-corrected chi connectivity index (χ2v) is 8.57. The summed E-state index contributed by atoms with van der Waals surface area (Å²) in [6.45, 7) is 13.3. The van der Waals surface area contributed by atoms with Gasteiger partial charge in [0.05, 0.1) is 4.47 Å². The van der Waals surface area contributed by atoms with Crippen molar-refractivity contribution >= 4 is 15.9 Å². The van der Waals surface area contributed by atoms with E-state index in [-0.39, 0.29) is 22.4 Å². The minimum Gasteiger partial charge on any atom is -0.312 e. The summed E-state index contributed by atoms with van der Waals surface area (Å²) >= 11 is 3.13. The summed E-state index contributed by atoms with van der Waals surface area (Å²) < 4.78 is 28.5.